The summed E-state index contributed by atoms with van der Waals surface area (Å²) < 4.78 is 0. The molecule has 0 spiro atoms. The van der Waals surface area contributed by atoms with Crippen molar-refractivity contribution in [2.75, 3.05) is 18.9 Å². The lowest BCUT2D eigenvalue weighted by atomic mass is 10.1. The van der Waals surface area contributed by atoms with Crippen molar-refractivity contribution < 1.29 is 4.92 Å². The highest BCUT2D eigenvalue weighted by atomic mass is 16.6. The molecule has 0 aromatic heterocycles. The number of rotatable bonds is 5. The maximum Gasteiger partial charge on any atom is 0.292 e. The van der Waals surface area contributed by atoms with E-state index in [1.807, 2.05) is 0 Å². The van der Waals surface area contributed by atoms with Gasteiger partial charge in [-0.1, -0.05) is 23.3 Å². The molecule has 0 aliphatic heterocycles. The Morgan fingerprint density at radius 1 is 1.65 bits per heavy atom. The van der Waals surface area contributed by atoms with Crippen LogP contribution in [0.15, 0.2) is 29.4 Å². The highest BCUT2D eigenvalue weighted by Crippen LogP contribution is 2.25. The molecule has 0 aliphatic rings. The summed E-state index contributed by atoms with van der Waals surface area (Å²) >= 11 is 0. The minimum Gasteiger partial charge on any atom is -0.383 e. The van der Waals surface area contributed by atoms with E-state index >= 15 is 0 Å². The van der Waals surface area contributed by atoms with Gasteiger partial charge in [-0.25, -0.2) is 0 Å². The van der Waals surface area contributed by atoms with E-state index in [1.165, 1.54) is 6.07 Å². The monoisotopic (exact) mass is 233 g/mol. The number of nitrogens with zero attached hydrogens (tertiary/aromatic N) is 4. The van der Waals surface area contributed by atoms with Crippen LogP contribution in [0.3, 0.4) is 0 Å². The van der Waals surface area contributed by atoms with Gasteiger partial charge in [0.1, 0.15) is 5.69 Å². The fraction of sp³-hybridized carbons (Fsp3) is 0.200. The zero-order valence-electron chi connectivity index (χ0n) is 9.20. The van der Waals surface area contributed by atoms with Crippen molar-refractivity contribution >= 4 is 17.5 Å². The van der Waals surface area contributed by atoms with Gasteiger partial charge in [-0.2, -0.15) is 0 Å². The Bertz CT molecular complexity index is 491. The van der Waals surface area contributed by atoms with Crippen molar-refractivity contribution in [3.8, 4) is 0 Å². The van der Waals surface area contributed by atoms with Crippen molar-refractivity contribution in [1.82, 2.24) is 0 Å². The summed E-state index contributed by atoms with van der Waals surface area (Å²) in [7, 11) is 1.62. The number of hydrogen-bond acceptors (Lipinski definition) is 4. The zero-order chi connectivity index (χ0) is 12.7. The fourth-order valence-corrected chi connectivity index (χ4v) is 1.29. The molecule has 0 atom stereocenters. The zero-order valence-corrected chi connectivity index (χ0v) is 9.20. The molecule has 0 bridgehead atoms. The summed E-state index contributed by atoms with van der Waals surface area (Å²) in [6.45, 7) is 0.220. The summed E-state index contributed by atoms with van der Waals surface area (Å²) in [6, 6.07) is 4.83. The van der Waals surface area contributed by atoms with Gasteiger partial charge in [0.15, 0.2) is 0 Å². The Hall–Kier alpha value is -2.53. The third-order valence-electron chi connectivity index (χ3n) is 2.05. The molecule has 0 unspecified atom stereocenters. The summed E-state index contributed by atoms with van der Waals surface area (Å²) in [5.41, 5.74) is 9.23. The van der Waals surface area contributed by atoms with Crippen LogP contribution in [0.25, 0.3) is 16.5 Å². The Balaban J connectivity index is 2.96. The second-order valence-corrected chi connectivity index (χ2v) is 3.10. The van der Waals surface area contributed by atoms with Gasteiger partial charge in [0.25, 0.3) is 5.69 Å². The first-order valence-electron chi connectivity index (χ1n) is 4.82. The molecule has 0 heterocycles. The van der Waals surface area contributed by atoms with Gasteiger partial charge in [0.2, 0.25) is 0 Å². The minimum absolute atomic E-state index is 0.0124. The van der Waals surface area contributed by atoms with E-state index < -0.39 is 4.92 Å². The van der Waals surface area contributed by atoms with E-state index in [0.717, 1.165) is 0 Å². The van der Waals surface area contributed by atoms with Crippen LogP contribution in [0.5, 0.6) is 0 Å². The van der Waals surface area contributed by atoms with Crippen molar-refractivity contribution in [2.45, 2.75) is 0 Å². The van der Waals surface area contributed by atoms with E-state index in [-0.39, 0.29) is 12.2 Å². The second kappa shape index (κ2) is 6.14. The molecule has 0 radical (unpaired) electrons. The predicted octanol–water partition coefficient (Wildman–Crippen LogP) is 2.96. The Morgan fingerprint density at radius 2 is 2.41 bits per heavy atom. The van der Waals surface area contributed by atoms with Gasteiger partial charge in [0, 0.05) is 24.6 Å². The largest absolute Gasteiger partial charge is 0.383 e. The average Bonchev–Trinajstić information content (AvgIpc) is 2.34. The molecule has 1 aromatic rings. The van der Waals surface area contributed by atoms with Gasteiger partial charge < -0.3 is 5.32 Å². The highest BCUT2D eigenvalue weighted by Gasteiger charge is 2.11. The van der Waals surface area contributed by atoms with Crippen molar-refractivity contribution in [1.29, 1.82) is 0 Å². The third kappa shape index (κ3) is 3.51. The molecular weight excluding hydrogens is 222 g/mol. The lowest BCUT2D eigenvalue weighted by molar-refractivity contribution is -0.383. The number of nitro benzene ring substituents is 1. The van der Waals surface area contributed by atoms with Crippen LogP contribution in [0.2, 0.25) is 0 Å². The fourth-order valence-electron chi connectivity index (χ4n) is 1.29. The summed E-state index contributed by atoms with van der Waals surface area (Å²) in [4.78, 5) is 12.9. The van der Waals surface area contributed by atoms with E-state index in [1.54, 1.807) is 31.3 Å². The first kappa shape index (κ1) is 12.5. The molecule has 0 saturated heterocycles. The number of anilines is 1. The maximum atomic E-state index is 10.8. The number of nitro groups is 1. The molecule has 1 N–H and O–H groups in total. The van der Waals surface area contributed by atoms with Crippen LogP contribution in [0, 0.1) is 10.1 Å². The molecule has 7 heteroatoms. The molecule has 17 heavy (non-hydrogen) atoms. The molecule has 0 aliphatic carbocycles. The van der Waals surface area contributed by atoms with E-state index in [0.29, 0.717) is 11.3 Å². The first-order chi connectivity index (χ1) is 8.19. The van der Waals surface area contributed by atoms with Crippen LogP contribution < -0.4 is 5.32 Å². The molecule has 1 rings (SSSR count). The van der Waals surface area contributed by atoms with E-state index in [2.05, 4.69) is 15.3 Å². The Kier molecular flexibility index (Phi) is 4.53. The van der Waals surface area contributed by atoms with Crippen molar-refractivity contribution in [3.05, 3.63) is 50.4 Å². The average molecular weight is 233 g/mol. The molecule has 7 nitrogen and oxygen atoms in total. The SMILES string of the molecule is CNc1ccc(C=CCN=[N+]=[N-])cc1[N+](=O)[O-]. The number of hydrogen-bond donors (Lipinski definition) is 1. The predicted molar refractivity (Wildman–Crippen MR) is 65.7 cm³/mol. The molecule has 0 amide bonds. The number of nitrogens with one attached hydrogen (secondary N) is 1. The second-order valence-electron chi connectivity index (χ2n) is 3.10. The van der Waals surface area contributed by atoms with Gasteiger partial charge in [-0.15, -0.1) is 0 Å². The maximum absolute atomic E-state index is 10.8. The topological polar surface area (TPSA) is 104 Å². The van der Waals surface area contributed by atoms with Crippen LogP contribution in [-0.2, 0) is 0 Å². The lowest BCUT2D eigenvalue weighted by Gasteiger charge is -2.02. The van der Waals surface area contributed by atoms with E-state index in [9.17, 15) is 10.1 Å². The van der Waals surface area contributed by atoms with E-state index in [4.69, 9.17) is 5.53 Å². The van der Waals surface area contributed by atoms with Gasteiger partial charge in [-0.05, 0) is 17.2 Å². The third-order valence-corrected chi connectivity index (χ3v) is 2.05. The van der Waals surface area contributed by atoms with Gasteiger partial charge >= 0.3 is 0 Å². The first-order valence-corrected chi connectivity index (χ1v) is 4.82. The standard InChI is InChI=1S/C10H11N5O2/c1-12-9-5-4-8(3-2-6-13-14-11)7-10(9)15(16)17/h2-5,7,12H,6H2,1H3. The molecule has 0 saturated carbocycles. The molecule has 0 fully saturated rings. The normalized spacial score (nSPS) is 9.94. The molecular formula is C10H11N5O2. The number of azide groups is 1. The lowest BCUT2D eigenvalue weighted by Crippen LogP contribution is -1.96. The summed E-state index contributed by atoms with van der Waals surface area (Å²) in [5, 5.41) is 16.9. The Labute approximate surface area is 97.5 Å². The van der Waals surface area contributed by atoms with Gasteiger partial charge in [0.05, 0.1) is 4.92 Å². The minimum atomic E-state index is -0.448. The summed E-state index contributed by atoms with van der Waals surface area (Å²) in [6.07, 6.45) is 3.30. The van der Waals surface area contributed by atoms with Crippen LogP contribution in [0.4, 0.5) is 11.4 Å². The van der Waals surface area contributed by atoms with Crippen molar-refractivity contribution in [3.63, 3.8) is 0 Å². The summed E-state index contributed by atoms with van der Waals surface area (Å²) in [5.74, 6) is 0. The number of benzene rings is 1. The van der Waals surface area contributed by atoms with Crippen LogP contribution >= 0.6 is 0 Å². The van der Waals surface area contributed by atoms with Crippen LogP contribution in [-0.4, -0.2) is 18.5 Å². The highest BCUT2D eigenvalue weighted by molar-refractivity contribution is 5.66. The smallest absolute Gasteiger partial charge is 0.292 e. The van der Waals surface area contributed by atoms with Crippen LogP contribution in [0.1, 0.15) is 5.56 Å². The Morgan fingerprint density at radius 3 is 3.00 bits per heavy atom. The molecule has 1 aromatic carbocycles. The molecule has 88 valence electrons. The van der Waals surface area contributed by atoms with Crippen molar-refractivity contribution in [2.24, 2.45) is 5.11 Å². The quantitative estimate of drug-likeness (QED) is 0.278. The van der Waals surface area contributed by atoms with Gasteiger partial charge in [-0.3, -0.25) is 10.1 Å².